The van der Waals surface area contributed by atoms with E-state index in [0.29, 0.717) is 11.4 Å². The maximum Gasteiger partial charge on any atom is 0.330 e. The van der Waals surface area contributed by atoms with Crippen LogP contribution in [0.3, 0.4) is 0 Å². The van der Waals surface area contributed by atoms with Gasteiger partial charge in [0.05, 0.1) is 4.88 Å². The van der Waals surface area contributed by atoms with Crippen LogP contribution in [0.25, 0.3) is 10.1 Å². The van der Waals surface area contributed by atoms with Gasteiger partial charge in [0.15, 0.2) is 5.69 Å². The van der Waals surface area contributed by atoms with Crippen molar-refractivity contribution in [2.24, 2.45) is 0 Å². The predicted molar refractivity (Wildman–Crippen MR) is 110 cm³/mol. The monoisotopic (exact) mass is 386 g/mol. The van der Waals surface area contributed by atoms with E-state index < -0.39 is 11.2 Å². The second-order valence-electron chi connectivity index (χ2n) is 6.20. The number of carbonyl (C=O) groups is 1. The van der Waals surface area contributed by atoms with E-state index in [2.05, 4.69) is 4.98 Å². The number of anilines is 2. The average molecular weight is 386 g/mol. The summed E-state index contributed by atoms with van der Waals surface area (Å²) >= 11 is 1.36. The number of fused-ring (bicyclic) bond motifs is 1. The first-order valence-corrected chi connectivity index (χ1v) is 9.72. The number of rotatable bonds is 6. The van der Waals surface area contributed by atoms with Crippen LogP contribution < -0.4 is 21.9 Å². The van der Waals surface area contributed by atoms with Gasteiger partial charge in [0.25, 0.3) is 11.5 Å². The van der Waals surface area contributed by atoms with E-state index in [9.17, 15) is 14.4 Å². The minimum absolute atomic E-state index is 0.0218. The van der Waals surface area contributed by atoms with Crippen LogP contribution in [-0.4, -0.2) is 22.0 Å². The van der Waals surface area contributed by atoms with Crippen LogP contribution in [0.15, 0.2) is 39.9 Å². The summed E-state index contributed by atoms with van der Waals surface area (Å²) < 4.78 is 2.31. The minimum atomic E-state index is -0.651. The Hall–Kier alpha value is -2.87. The molecule has 2 aromatic heterocycles. The third-order valence-electron chi connectivity index (χ3n) is 4.42. The van der Waals surface area contributed by atoms with E-state index in [1.54, 1.807) is 6.92 Å². The number of H-pyrrole nitrogens is 1. The second-order valence-corrected chi connectivity index (χ2v) is 7.28. The lowest BCUT2D eigenvalue weighted by Crippen LogP contribution is -2.41. The van der Waals surface area contributed by atoms with E-state index >= 15 is 0 Å². The number of thiophene rings is 1. The molecule has 1 aromatic carbocycles. The fourth-order valence-electron chi connectivity index (χ4n) is 3.00. The molecule has 27 heavy (non-hydrogen) atoms. The fraction of sp³-hybridized carbons (Fsp3) is 0.316. The van der Waals surface area contributed by atoms with E-state index in [0.717, 1.165) is 22.9 Å². The van der Waals surface area contributed by atoms with Gasteiger partial charge in [-0.15, -0.1) is 11.3 Å². The zero-order valence-electron chi connectivity index (χ0n) is 15.3. The second kappa shape index (κ2) is 7.79. The standard InChI is InChI=1S/C19H22N4O3S/c1-3-5-10-23-16(20)15(17(24)21-19(23)26)22(4-2)18(25)14-11-12-8-6-7-9-13(12)27-14/h6-9,11H,3-5,10,20H2,1-2H3,(H,21,24,26). The number of nitrogens with one attached hydrogen (secondary N) is 1. The van der Waals surface area contributed by atoms with Crippen molar-refractivity contribution in [3.05, 3.63) is 56.0 Å². The van der Waals surface area contributed by atoms with Crippen LogP contribution in [0, 0.1) is 0 Å². The maximum absolute atomic E-state index is 13.1. The zero-order chi connectivity index (χ0) is 19.6. The number of nitrogen functional groups attached to an aromatic ring is 1. The quantitative estimate of drug-likeness (QED) is 0.680. The topological polar surface area (TPSA) is 101 Å². The van der Waals surface area contributed by atoms with Crippen molar-refractivity contribution in [1.29, 1.82) is 0 Å². The molecule has 3 N–H and O–H groups in total. The van der Waals surface area contributed by atoms with Gasteiger partial charge < -0.3 is 10.6 Å². The Balaban J connectivity index is 2.08. The fourth-order valence-corrected chi connectivity index (χ4v) is 4.01. The summed E-state index contributed by atoms with van der Waals surface area (Å²) in [6.07, 6.45) is 1.62. The molecular weight excluding hydrogens is 364 g/mol. The van der Waals surface area contributed by atoms with Crippen molar-refractivity contribution in [3.8, 4) is 0 Å². The van der Waals surface area contributed by atoms with E-state index in [4.69, 9.17) is 5.73 Å². The highest BCUT2D eigenvalue weighted by molar-refractivity contribution is 7.20. The van der Waals surface area contributed by atoms with Crippen LogP contribution in [0.2, 0.25) is 0 Å². The van der Waals surface area contributed by atoms with Crippen molar-refractivity contribution >= 4 is 38.8 Å². The number of carbonyl (C=O) groups excluding carboxylic acids is 1. The minimum Gasteiger partial charge on any atom is -0.383 e. The van der Waals surface area contributed by atoms with Gasteiger partial charge in [-0.05, 0) is 30.9 Å². The number of aromatic amines is 1. The Morgan fingerprint density at radius 1 is 1.26 bits per heavy atom. The summed E-state index contributed by atoms with van der Waals surface area (Å²) in [5.41, 5.74) is 4.96. The van der Waals surface area contributed by atoms with Gasteiger partial charge in [0, 0.05) is 17.8 Å². The average Bonchev–Trinajstić information content (AvgIpc) is 3.08. The molecule has 0 aliphatic rings. The van der Waals surface area contributed by atoms with Crippen molar-refractivity contribution in [2.45, 2.75) is 33.2 Å². The van der Waals surface area contributed by atoms with Gasteiger partial charge in [0.1, 0.15) is 5.82 Å². The van der Waals surface area contributed by atoms with E-state index in [1.807, 2.05) is 37.3 Å². The van der Waals surface area contributed by atoms with Gasteiger partial charge in [-0.2, -0.15) is 0 Å². The number of amides is 1. The Morgan fingerprint density at radius 2 is 2.00 bits per heavy atom. The smallest absolute Gasteiger partial charge is 0.330 e. The van der Waals surface area contributed by atoms with Crippen molar-refractivity contribution in [1.82, 2.24) is 9.55 Å². The molecule has 3 rings (SSSR count). The van der Waals surface area contributed by atoms with Gasteiger partial charge in [0.2, 0.25) is 0 Å². The summed E-state index contributed by atoms with van der Waals surface area (Å²) in [7, 11) is 0. The lowest BCUT2D eigenvalue weighted by molar-refractivity contribution is 0.0992. The molecule has 0 spiro atoms. The molecule has 2 heterocycles. The summed E-state index contributed by atoms with van der Waals surface area (Å²) in [6, 6.07) is 9.51. The first kappa shape index (κ1) is 18.9. The molecule has 0 saturated heterocycles. The molecule has 7 nitrogen and oxygen atoms in total. The van der Waals surface area contributed by atoms with Crippen LogP contribution >= 0.6 is 11.3 Å². The van der Waals surface area contributed by atoms with Gasteiger partial charge in [-0.1, -0.05) is 31.5 Å². The maximum atomic E-state index is 13.1. The number of nitrogens with zero attached hydrogens (tertiary/aromatic N) is 2. The number of nitrogens with two attached hydrogens (primary N) is 1. The third-order valence-corrected chi connectivity index (χ3v) is 5.52. The summed E-state index contributed by atoms with van der Waals surface area (Å²) in [5, 5.41) is 0.969. The van der Waals surface area contributed by atoms with E-state index in [1.165, 1.54) is 20.8 Å². The number of hydrogen-bond donors (Lipinski definition) is 2. The SMILES string of the molecule is CCCCn1c(N)c(N(CC)C(=O)c2cc3ccccc3s2)c(=O)[nH]c1=O. The molecule has 0 aliphatic carbocycles. The molecule has 3 aromatic rings. The van der Waals surface area contributed by atoms with Gasteiger partial charge in [-0.3, -0.25) is 19.1 Å². The molecule has 8 heteroatoms. The molecule has 0 saturated carbocycles. The zero-order valence-corrected chi connectivity index (χ0v) is 16.1. The van der Waals surface area contributed by atoms with Gasteiger partial charge >= 0.3 is 5.69 Å². The summed E-state index contributed by atoms with van der Waals surface area (Å²) in [4.78, 5) is 41.8. The van der Waals surface area contributed by atoms with Crippen LogP contribution in [0.5, 0.6) is 0 Å². The first-order valence-electron chi connectivity index (χ1n) is 8.91. The number of unbranched alkanes of at least 4 members (excludes halogenated alkanes) is 1. The molecule has 0 radical (unpaired) electrons. The molecule has 1 amide bonds. The Morgan fingerprint density at radius 3 is 2.67 bits per heavy atom. The largest absolute Gasteiger partial charge is 0.383 e. The molecule has 0 unspecified atom stereocenters. The number of hydrogen-bond acceptors (Lipinski definition) is 5. The van der Waals surface area contributed by atoms with Crippen molar-refractivity contribution < 1.29 is 4.79 Å². The molecular formula is C19H22N4O3S. The lowest BCUT2D eigenvalue weighted by Gasteiger charge is -2.22. The normalized spacial score (nSPS) is 11.0. The van der Waals surface area contributed by atoms with Crippen LogP contribution in [0.1, 0.15) is 36.4 Å². The molecule has 0 atom stereocenters. The Bertz CT molecular complexity index is 1060. The Labute approximate surface area is 160 Å². The molecule has 142 valence electrons. The van der Waals surface area contributed by atoms with Gasteiger partial charge in [-0.25, -0.2) is 4.79 Å². The summed E-state index contributed by atoms with van der Waals surface area (Å²) in [6.45, 7) is 4.41. The Kier molecular flexibility index (Phi) is 5.46. The van der Waals surface area contributed by atoms with E-state index in [-0.39, 0.29) is 24.0 Å². The number of aromatic nitrogens is 2. The predicted octanol–water partition coefficient (Wildman–Crippen LogP) is 2.80. The molecule has 0 aliphatic heterocycles. The highest BCUT2D eigenvalue weighted by Crippen LogP contribution is 2.28. The summed E-state index contributed by atoms with van der Waals surface area (Å²) in [5.74, 6) is -0.287. The third kappa shape index (κ3) is 3.52. The van der Waals surface area contributed by atoms with Crippen molar-refractivity contribution in [3.63, 3.8) is 0 Å². The van der Waals surface area contributed by atoms with Crippen LogP contribution in [-0.2, 0) is 6.54 Å². The highest BCUT2D eigenvalue weighted by atomic mass is 32.1. The lowest BCUT2D eigenvalue weighted by atomic mass is 10.2. The van der Waals surface area contributed by atoms with Crippen molar-refractivity contribution in [2.75, 3.05) is 17.2 Å². The molecule has 0 bridgehead atoms. The number of benzene rings is 1. The first-order chi connectivity index (χ1) is 13.0. The highest BCUT2D eigenvalue weighted by Gasteiger charge is 2.25. The van der Waals surface area contributed by atoms with Crippen LogP contribution in [0.4, 0.5) is 11.5 Å². The molecule has 0 fully saturated rings.